The third-order valence-electron chi connectivity index (χ3n) is 5.58. The summed E-state index contributed by atoms with van der Waals surface area (Å²) in [6, 6.07) is 8.45. The summed E-state index contributed by atoms with van der Waals surface area (Å²) < 4.78 is 17.7. The van der Waals surface area contributed by atoms with Crippen LogP contribution in [-0.2, 0) is 6.54 Å². The molecule has 6 nitrogen and oxygen atoms in total. The minimum absolute atomic E-state index is 0.0326. The molecule has 1 saturated carbocycles. The molecule has 5 aromatic rings. The number of hydrogen-bond acceptors (Lipinski definition) is 3. The lowest BCUT2D eigenvalue weighted by atomic mass is 10.1. The fourth-order valence-electron chi connectivity index (χ4n) is 3.97. The zero-order chi connectivity index (χ0) is 19.7. The minimum Gasteiger partial charge on any atom is -0.278 e. The lowest BCUT2D eigenvalue weighted by molar-refractivity contribution is 0.567. The number of rotatable bonds is 3. The average molecular weight is 408 g/mol. The first-order valence-corrected chi connectivity index (χ1v) is 9.81. The van der Waals surface area contributed by atoms with Crippen LogP contribution in [0.25, 0.3) is 38.4 Å². The quantitative estimate of drug-likeness (QED) is 0.481. The third-order valence-corrected chi connectivity index (χ3v) is 5.87. The van der Waals surface area contributed by atoms with Gasteiger partial charge in [0, 0.05) is 28.9 Å². The van der Waals surface area contributed by atoms with E-state index in [0.717, 1.165) is 17.4 Å². The van der Waals surface area contributed by atoms with Crippen molar-refractivity contribution in [3.05, 3.63) is 63.9 Å². The Morgan fingerprint density at radius 3 is 2.90 bits per heavy atom. The van der Waals surface area contributed by atoms with Crippen LogP contribution in [0.1, 0.15) is 12.8 Å². The zero-order valence-electron chi connectivity index (χ0n) is 15.2. The summed E-state index contributed by atoms with van der Waals surface area (Å²) in [4.78, 5) is 13.5. The van der Waals surface area contributed by atoms with Crippen LogP contribution in [-0.4, -0.2) is 24.5 Å². The molecule has 1 aliphatic rings. The Bertz CT molecular complexity index is 1490. The SMILES string of the molecule is O=c1c2nn(CC3CC3)cc2c2cc(F)c(Cl)cc2n1-c1cccc2[nH]ncc12. The highest BCUT2D eigenvalue weighted by Gasteiger charge is 2.24. The lowest BCUT2D eigenvalue weighted by Crippen LogP contribution is -2.20. The van der Waals surface area contributed by atoms with E-state index in [4.69, 9.17) is 11.6 Å². The summed E-state index contributed by atoms with van der Waals surface area (Å²) in [6.45, 7) is 0.767. The molecule has 3 aromatic heterocycles. The van der Waals surface area contributed by atoms with Crippen LogP contribution in [0, 0.1) is 11.7 Å². The molecule has 2 aromatic carbocycles. The van der Waals surface area contributed by atoms with Gasteiger partial charge in [0.2, 0.25) is 0 Å². The standard InChI is InChI=1S/C21H15ClFN5O/c22-15-7-19-12(6-16(15)23)14-10-27(9-11-4-5-11)26-20(14)21(29)28(19)18-3-1-2-17-13(18)8-24-25-17/h1-3,6-8,10-11H,4-5,9H2,(H,24,25). The summed E-state index contributed by atoms with van der Waals surface area (Å²) in [6.07, 6.45) is 5.86. The van der Waals surface area contributed by atoms with Crippen LogP contribution < -0.4 is 5.56 Å². The summed E-state index contributed by atoms with van der Waals surface area (Å²) in [5.74, 6) is 0.0748. The van der Waals surface area contributed by atoms with Gasteiger partial charge in [-0.05, 0) is 43.0 Å². The number of H-pyrrole nitrogens is 1. The molecule has 0 amide bonds. The molecule has 0 bridgehead atoms. The van der Waals surface area contributed by atoms with Crippen LogP contribution in [0.4, 0.5) is 4.39 Å². The molecule has 0 saturated heterocycles. The predicted molar refractivity (Wildman–Crippen MR) is 110 cm³/mol. The molecule has 8 heteroatoms. The predicted octanol–water partition coefficient (Wildman–Crippen LogP) is 4.42. The third kappa shape index (κ3) is 2.50. The molecule has 6 rings (SSSR count). The Hall–Kier alpha value is -3.19. The molecule has 3 heterocycles. The van der Waals surface area contributed by atoms with Crippen molar-refractivity contribution in [3.63, 3.8) is 0 Å². The highest BCUT2D eigenvalue weighted by atomic mass is 35.5. The Labute approximate surface area is 168 Å². The maximum atomic E-state index is 14.4. The highest BCUT2D eigenvalue weighted by Crippen LogP contribution is 2.33. The second kappa shape index (κ2) is 5.90. The van der Waals surface area contributed by atoms with E-state index in [1.54, 1.807) is 15.4 Å². The fourth-order valence-corrected chi connectivity index (χ4v) is 4.13. The molecule has 29 heavy (non-hydrogen) atoms. The van der Waals surface area contributed by atoms with Crippen LogP contribution in [0.3, 0.4) is 0 Å². The first-order valence-electron chi connectivity index (χ1n) is 9.43. The van der Waals surface area contributed by atoms with Crippen molar-refractivity contribution >= 4 is 44.3 Å². The Morgan fingerprint density at radius 1 is 1.21 bits per heavy atom. The number of hydrogen-bond donors (Lipinski definition) is 1. The normalized spacial score (nSPS) is 14.4. The molecule has 0 aliphatic heterocycles. The van der Waals surface area contributed by atoms with E-state index in [9.17, 15) is 9.18 Å². The van der Waals surface area contributed by atoms with E-state index in [-0.39, 0.29) is 10.6 Å². The number of nitrogens with one attached hydrogen (secondary N) is 1. The van der Waals surface area contributed by atoms with E-state index in [2.05, 4.69) is 15.3 Å². The number of nitrogens with zero attached hydrogens (tertiary/aromatic N) is 4. The van der Waals surface area contributed by atoms with Crippen molar-refractivity contribution in [2.24, 2.45) is 5.92 Å². The topological polar surface area (TPSA) is 68.5 Å². The summed E-state index contributed by atoms with van der Waals surface area (Å²) in [5, 5.41) is 13.5. The lowest BCUT2D eigenvalue weighted by Gasteiger charge is -2.12. The van der Waals surface area contributed by atoms with Crippen molar-refractivity contribution in [2.75, 3.05) is 0 Å². The number of benzene rings is 2. The molecule has 0 unspecified atom stereocenters. The first kappa shape index (κ1) is 16.7. The largest absolute Gasteiger partial charge is 0.284 e. The van der Waals surface area contributed by atoms with Crippen LogP contribution in [0.2, 0.25) is 5.02 Å². The molecule has 0 radical (unpaired) electrons. The van der Waals surface area contributed by atoms with E-state index in [1.165, 1.54) is 25.0 Å². The molecule has 1 N–H and O–H groups in total. The smallest absolute Gasteiger partial charge is 0.278 e. The highest BCUT2D eigenvalue weighted by molar-refractivity contribution is 6.31. The second-order valence-corrected chi connectivity index (χ2v) is 8.00. The van der Waals surface area contributed by atoms with Crippen molar-refractivity contribution in [1.29, 1.82) is 0 Å². The first-order chi connectivity index (χ1) is 14.1. The van der Waals surface area contributed by atoms with Crippen LogP contribution in [0.5, 0.6) is 0 Å². The van der Waals surface area contributed by atoms with E-state index >= 15 is 0 Å². The number of pyridine rings is 1. The molecule has 0 spiro atoms. The molecule has 1 aliphatic carbocycles. The van der Waals surface area contributed by atoms with Crippen LogP contribution >= 0.6 is 11.6 Å². The van der Waals surface area contributed by atoms with Gasteiger partial charge in [0.1, 0.15) is 5.82 Å². The van der Waals surface area contributed by atoms with Gasteiger partial charge in [0.25, 0.3) is 5.56 Å². The number of aromatic amines is 1. The Morgan fingerprint density at radius 2 is 2.07 bits per heavy atom. The fraction of sp³-hybridized carbons (Fsp3) is 0.190. The zero-order valence-corrected chi connectivity index (χ0v) is 15.9. The van der Waals surface area contributed by atoms with Crippen molar-refractivity contribution in [1.82, 2.24) is 24.5 Å². The van der Waals surface area contributed by atoms with Gasteiger partial charge in [-0.2, -0.15) is 10.2 Å². The van der Waals surface area contributed by atoms with E-state index in [1.807, 2.05) is 24.4 Å². The summed E-state index contributed by atoms with van der Waals surface area (Å²) in [7, 11) is 0. The monoisotopic (exact) mass is 407 g/mol. The second-order valence-electron chi connectivity index (χ2n) is 7.59. The average Bonchev–Trinajstić information content (AvgIpc) is 3.21. The minimum atomic E-state index is -0.526. The Balaban J connectivity index is 1.77. The van der Waals surface area contributed by atoms with Gasteiger partial charge in [-0.15, -0.1) is 0 Å². The molecule has 1 fully saturated rings. The molecular weight excluding hydrogens is 393 g/mol. The molecule has 0 atom stereocenters. The van der Waals surface area contributed by atoms with Gasteiger partial charge in [0.05, 0.1) is 27.9 Å². The van der Waals surface area contributed by atoms with Gasteiger partial charge >= 0.3 is 0 Å². The molecular formula is C21H15ClFN5O. The number of aromatic nitrogens is 5. The summed E-state index contributed by atoms with van der Waals surface area (Å²) >= 11 is 6.10. The van der Waals surface area contributed by atoms with Gasteiger partial charge in [0.15, 0.2) is 5.52 Å². The van der Waals surface area contributed by atoms with Gasteiger partial charge in [-0.25, -0.2) is 4.39 Å². The summed E-state index contributed by atoms with van der Waals surface area (Å²) in [5.41, 5.74) is 2.04. The van der Waals surface area contributed by atoms with E-state index < -0.39 is 5.82 Å². The van der Waals surface area contributed by atoms with Gasteiger partial charge < -0.3 is 0 Å². The number of halogens is 2. The van der Waals surface area contributed by atoms with Crippen molar-refractivity contribution in [3.8, 4) is 5.69 Å². The molecule has 144 valence electrons. The van der Waals surface area contributed by atoms with Gasteiger partial charge in [-0.1, -0.05) is 17.7 Å². The Kier molecular flexibility index (Phi) is 3.41. The van der Waals surface area contributed by atoms with Crippen LogP contribution in [0.15, 0.2) is 47.5 Å². The maximum absolute atomic E-state index is 14.4. The van der Waals surface area contributed by atoms with E-state index in [0.29, 0.717) is 33.4 Å². The maximum Gasteiger partial charge on any atom is 0.284 e. The number of fused-ring (bicyclic) bond motifs is 4. The van der Waals surface area contributed by atoms with Gasteiger partial charge in [-0.3, -0.25) is 19.1 Å². The van der Waals surface area contributed by atoms with Crippen molar-refractivity contribution < 1.29 is 4.39 Å². The van der Waals surface area contributed by atoms with Crippen molar-refractivity contribution in [2.45, 2.75) is 19.4 Å².